The van der Waals surface area contributed by atoms with Crippen LogP contribution < -0.4 is 11.1 Å². The SMILES string of the molecule is NC(=O)c1ccnc(C(=O)Nc2ccn(-c3ccccc3)n2)c1. The van der Waals surface area contributed by atoms with Gasteiger partial charge in [0.05, 0.1) is 5.69 Å². The van der Waals surface area contributed by atoms with Gasteiger partial charge in [-0.15, -0.1) is 0 Å². The number of hydrogen-bond acceptors (Lipinski definition) is 4. The van der Waals surface area contributed by atoms with Crippen molar-refractivity contribution >= 4 is 17.6 Å². The number of nitrogens with zero attached hydrogens (tertiary/aromatic N) is 3. The molecule has 7 nitrogen and oxygen atoms in total. The zero-order valence-corrected chi connectivity index (χ0v) is 12.0. The van der Waals surface area contributed by atoms with Gasteiger partial charge in [0, 0.05) is 24.0 Å². The minimum absolute atomic E-state index is 0.0931. The second-order valence-corrected chi connectivity index (χ2v) is 4.73. The van der Waals surface area contributed by atoms with E-state index in [1.807, 2.05) is 30.3 Å². The fourth-order valence-electron chi connectivity index (χ4n) is 2.00. The molecule has 2 heterocycles. The van der Waals surface area contributed by atoms with Gasteiger partial charge < -0.3 is 11.1 Å². The highest BCUT2D eigenvalue weighted by atomic mass is 16.2. The van der Waals surface area contributed by atoms with Gasteiger partial charge in [-0.1, -0.05) is 18.2 Å². The lowest BCUT2D eigenvalue weighted by Gasteiger charge is -2.03. The Morgan fingerprint density at radius 1 is 1.09 bits per heavy atom. The van der Waals surface area contributed by atoms with Gasteiger partial charge in [0.15, 0.2) is 5.82 Å². The van der Waals surface area contributed by atoms with Crippen molar-refractivity contribution in [3.05, 3.63) is 72.2 Å². The van der Waals surface area contributed by atoms with Gasteiger partial charge in [0.25, 0.3) is 5.91 Å². The minimum atomic E-state index is -0.616. The number of carbonyl (C=O) groups is 2. The van der Waals surface area contributed by atoms with E-state index in [2.05, 4.69) is 15.4 Å². The highest BCUT2D eigenvalue weighted by molar-refractivity contribution is 6.04. The van der Waals surface area contributed by atoms with Crippen LogP contribution in [0.2, 0.25) is 0 Å². The highest BCUT2D eigenvalue weighted by Gasteiger charge is 2.12. The van der Waals surface area contributed by atoms with E-state index in [1.165, 1.54) is 18.3 Å². The highest BCUT2D eigenvalue weighted by Crippen LogP contribution is 2.11. The predicted molar refractivity (Wildman–Crippen MR) is 84.3 cm³/mol. The molecule has 1 aromatic carbocycles. The normalized spacial score (nSPS) is 10.3. The number of amides is 2. The van der Waals surface area contributed by atoms with Crippen LogP contribution in [0.5, 0.6) is 0 Å². The Balaban J connectivity index is 1.77. The number of nitrogens with two attached hydrogens (primary N) is 1. The van der Waals surface area contributed by atoms with E-state index < -0.39 is 11.8 Å². The number of benzene rings is 1. The topological polar surface area (TPSA) is 103 Å². The second kappa shape index (κ2) is 6.10. The van der Waals surface area contributed by atoms with E-state index in [1.54, 1.807) is 16.9 Å². The molecule has 0 spiro atoms. The van der Waals surface area contributed by atoms with Crippen molar-refractivity contribution in [3.8, 4) is 5.69 Å². The molecule has 7 heteroatoms. The van der Waals surface area contributed by atoms with E-state index in [-0.39, 0.29) is 11.3 Å². The first-order chi connectivity index (χ1) is 11.1. The summed E-state index contributed by atoms with van der Waals surface area (Å²) in [5.74, 6) is -0.702. The summed E-state index contributed by atoms with van der Waals surface area (Å²) in [5, 5.41) is 6.90. The third-order valence-electron chi connectivity index (χ3n) is 3.13. The van der Waals surface area contributed by atoms with Gasteiger partial charge >= 0.3 is 0 Å². The van der Waals surface area contributed by atoms with Crippen LogP contribution in [0, 0.1) is 0 Å². The molecule has 0 saturated carbocycles. The third kappa shape index (κ3) is 3.24. The number of anilines is 1. The lowest BCUT2D eigenvalue weighted by atomic mass is 10.2. The van der Waals surface area contributed by atoms with Gasteiger partial charge in [-0.3, -0.25) is 14.6 Å². The Bertz CT molecular complexity index is 858. The number of primary amides is 1. The van der Waals surface area contributed by atoms with E-state index >= 15 is 0 Å². The number of pyridine rings is 1. The lowest BCUT2D eigenvalue weighted by molar-refractivity contribution is 0.1000. The van der Waals surface area contributed by atoms with Crippen molar-refractivity contribution in [1.29, 1.82) is 0 Å². The molecule has 3 N–H and O–H groups in total. The largest absolute Gasteiger partial charge is 0.366 e. The molecular formula is C16H13N5O2. The van der Waals surface area contributed by atoms with Gasteiger partial charge in [0.1, 0.15) is 5.69 Å². The molecular weight excluding hydrogens is 294 g/mol. The number of rotatable bonds is 4. The molecule has 0 atom stereocenters. The summed E-state index contributed by atoms with van der Waals surface area (Å²) in [6.45, 7) is 0. The van der Waals surface area contributed by atoms with Crippen LogP contribution in [0.15, 0.2) is 60.9 Å². The number of hydrogen-bond donors (Lipinski definition) is 2. The summed E-state index contributed by atoms with van der Waals surface area (Å²) in [6, 6.07) is 14.0. The number of carbonyl (C=O) groups excluding carboxylic acids is 2. The number of para-hydroxylation sites is 1. The monoisotopic (exact) mass is 307 g/mol. The standard InChI is InChI=1S/C16H13N5O2/c17-15(22)11-6-8-18-13(10-11)16(23)19-14-7-9-21(20-14)12-4-2-1-3-5-12/h1-10H,(H2,17,22)(H,19,20,23). The first-order valence-electron chi connectivity index (χ1n) is 6.82. The molecule has 3 rings (SSSR count). The Labute approximate surface area is 131 Å². The van der Waals surface area contributed by atoms with Crippen molar-refractivity contribution in [3.63, 3.8) is 0 Å². The van der Waals surface area contributed by atoms with Crippen molar-refractivity contribution in [2.45, 2.75) is 0 Å². The average Bonchev–Trinajstić information content (AvgIpc) is 3.04. The first kappa shape index (κ1) is 14.5. The molecule has 0 aliphatic rings. The maximum atomic E-state index is 12.2. The van der Waals surface area contributed by atoms with Crippen LogP contribution >= 0.6 is 0 Å². The summed E-state index contributed by atoms with van der Waals surface area (Å²) in [6.07, 6.45) is 3.09. The van der Waals surface area contributed by atoms with Gasteiger partial charge in [-0.05, 0) is 24.3 Å². The number of nitrogens with one attached hydrogen (secondary N) is 1. The molecule has 2 aromatic heterocycles. The molecule has 0 unspecified atom stereocenters. The van der Waals surface area contributed by atoms with Crippen molar-refractivity contribution in [2.24, 2.45) is 5.73 Å². The van der Waals surface area contributed by atoms with Crippen LogP contribution in [0.25, 0.3) is 5.69 Å². The Hall–Kier alpha value is -3.48. The van der Waals surface area contributed by atoms with Crippen molar-refractivity contribution in [2.75, 3.05) is 5.32 Å². The van der Waals surface area contributed by atoms with Crippen molar-refractivity contribution in [1.82, 2.24) is 14.8 Å². The Kier molecular flexibility index (Phi) is 3.84. The summed E-state index contributed by atoms with van der Waals surface area (Å²) in [5.41, 5.74) is 6.38. The van der Waals surface area contributed by atoms with Crippen LogP contribution in [-0.2, 0) is 0 Å². The smallest absolute Gasteiger partial charge is 0.275 e. The summed E-state index contributed by atoms with van der Waals surface area (Å²) >= 11 is 0. The minimum Gasteiger partial charge on any atom is -0.366 e. The van der Waals surface area contributed by atoms with E-state index in [0.29, 0.717) is 5.82 Å². The second-order valence-electron chi connectivity index (χ2n) is 4.73. The average molecular weight is 307 g/mol. The predicted octanol–water partition coefficient (Wildman–Crippen LogP) is 1.62. The molecule has 2 amide bonds. The number of aromatic nitrogens is 3. The first-order valence-corrected chi connectivity index (χ1v) is 6.82. The van der Waals surface area contributed by atoms with Gasteiger partial charge in [-0.25, -0.2) is 4.68 Å². The molecule has 23 heavy (non-hydrogen) atoms. The van der Waals surface area contributed by atoms with Crippen LogP contribution in [0.4, 0.5) is 5.82 Å². The Morgan fingerprint density at radius 2 is 1.87 bits per heavy atom. The van der Waals surface area contributed by atoms with Gasteiger partial charge in [0.2, 0.25) is 5.91 Å². The van der Waals surface area contributed by atoms with Crippen LogP contribution in [-0.4, -0.2) is 26.6 Å². The molecule has 0 fully saturated rings. The maximum Gasteiger partial charge on any atom is 0.275 e. The molecule has 0 saturated heterocycles. The van der Waals surface area contributed by atoms with E-state index in [4.69, 9.17) is 5.73 Å². The molecule has 114 valence electrons. The molecule has 0 aliphatic heterocycles. The maximum absolute atomic E-state index is 12.2. The van der Waals surface area contributed by atoms with Crippen LogP contribution in [0.3, 0.4) is 0 Å². The summed E-state index contributed by atoms with van der Waals surface area (Å²) in [7, 11) is 0. The van der Waals surface area contributed by atoms with Gasteiger partial charge in [-0.2, -0.15) is 5.10 Å². The zero-order valence-electron chi connectivity index (χ0n) is 12.0. The molecule has 3 aromatic rings. The fourth-order valence-corrected chi connectivity index (χ4v) is 2.00. The van der Waals surface area contributed by atoms with E-state index in [9.17, 15) is 9.59 Å². The molecule has 0 radical (unpaired) electrons. The zero-order chi connectivity index (χ0) is 16.2. The summed E-state index contributed by atoms with van der Waals surface area (Å²) in [4.78, 5) is 27.2. The van der Waals surface area contributed by atoms with Crippen molar-refractivity contribution < 1.29 is 9.59 Å². The lowest BCUT2D eigenvalue weighted by Crippen LogP contribution is -2.17. The quantitative estimate of drug-likeness (QED) is 0.764. The molecule has 0 aliphatic carbocycles. The van der Waals surface area contributed by atoms with E-state index in [0.717, 1.165) is 5.69 Å². The summed E-state index contributed by atoms with van der Waals surface area (Å²) < 4.78 is 1.64. The third-order valence-corrected chi connectivity index (χ3v) is 3.13. The van der Waals surface area contributed by atoms with Crippen LogP contribution in [0.1, 0.15) is 20.8 Å². The Morgan fingerprint density at radius 3 is 2.61 bits per heavy atom. The molecule has 0 bridgehead atoms. The fraction of sp³-hybridized carbons (Fsp3) is 0.